The highest BCUT2D eigenvalue weighted by atomic mass is 32.1. The van der Waals surface area contributed by atoms with Crippen LogP contribution in [0.15, 0.2) is 22.2 Å². The normalized spacial score (nSPS) is 14.2. The Morgan fingerprint density at radius 3 is 2.05 bits per heavy atom. The standard InChI is InChI=1S/C13H26N5OPS/c1-11(10-18-9-8-12(19)14-13(18)21)20(15(2)3,16(4)5)17(6)7/h8-9,11H,10H2,1-7H3. The first kappa shape index (κ1) is 18.5. The van der Waals surface area contributed by atoms with Gasteiger partial charge >= 0.3 is 0 Å². The van der Waals surface area contributed by atoms with E-state index in [1.165, 1.54) is 6.07 Å². The van der Waals surface area contributed by atoms with E-state index in [1.54, 1.807) is 6.20 Å². The van der Waals surface area contributed by atoms with Crippen molar-refractivity contribution in [3.63, 3.8) is 0 Å². The molecule has 0 aliphatic rings. The second-order valence-corrected chi connectivity index (χ2v) is 10.6. The molecule has 21 heavy (non-hydrogen) atoms. The summed E-state index contributed by atoms with van der Waals surface area (Å²) in [7, 11) is 11.0. The lowest BCUT2D eigenvalue weighted by atomic mass is 10.4. The van der Waals surface area contributed by atoms with Gasteiger partial charge in [-0.1, -0.05) is 0 Å². The predicted octanol–water partition coefficient (Wildman–Crippen LogP) is 0.985. The molecule has 0 amide bonds. The summed E-state index contributed by atoms with van der Waals surface area (Å²) >= 11 is 5.20. The Morgan fingerprint density at radius 2 is 1.67 bits per heavy atom. The number of hydrogen-bond donors (Lipinski definition) is 0. The van der Waals surface area contributed by atoms with E-state index < -0.39 is 7.71 Å². The lowest BCUT2D eigenvalue weighted by molar-refractivity contribution is 0.429. The van der Waals surface area contributed by atoms with Gasteiger partial charge in [-0.3, -0.25) is 4.79 Å². The molecule has 0 aliphatic carbocycles. The van der Waals surface area contributed by atoms with Gasteiger partial charge in [-0.05, 0) is 12.1 Å². The van der Waals surface area contributed by atoms with Crippen molar-refractivity contribution in [1.29, 1.82) is 0 Å². The summed E-state index contributed by atoms with van der Waals surface area (Å²) in [5.74, 6) is 0. The minimum atomic E-state index is -1.67. The fourth-order valence-electron chi connectivity index (χ4n) is 3.20. The lowest BCUT2D eigenvalue weighted by Gasteiger charge is -2.44. The molecule has 120 valence electrons. The van der Waals surface area contributed by atoms with Gasteiger partial charge in [0.2, 0.25) is 7.71 Å². The van der Waals surface area contributed by atoms with Crippen molar-refractivity contribution in [2.75, 3.05) is 42.3 Å². The monoisotopic (exact) mass is 331 g/mol. The molecule has 0 spiro atoms. The molecule has 1 rings (SSSR count). The van der Waals surface area contributed by atoms with Gasteiger partial charge in [0.1, 0.15) is 5.66 Å². The van der Waals surface area contributed by atoms with E-state index >= 15 is 0 Å². The molecule has 1 aromatic rings. The Balaban J connectivity index is 3.18. The van der Waals surface area contributed by atoms with Crippen molar-refractivity contribution in [2.45, 2.75) is 24.3 Å². The smallest absolute Gasteiger partial charge is 0.271 e. The van der Waals surface area contributed by atoms with Gasteiger partial charge in [0.05, 0.1) is 6.54 Å². The third-order valence-corrected chi connectivity index (χ3v) is 8.87. The molecule has 8 heteroatoms. The Hall–Kier alpha value is -0.590. The van der Waals surface area contributed by atoms with Crippen LogP contribution in [0.2, 0.25) is 0 Å². The number of hydrogen-bond acceptors (Lipinski definition) is 6. The zero-order valence-electron chi connectivity index (χ0n) is 13.9. The minimum absolute atomic E-state index is 0.280. The summed E-state index contributed by atoms with van der Waals surface area (Å²) in [6.07, 6.45) is 1.74. The molecule has 0 fully saturated rings. The molecule has 0 saturated heterocycles. The van der Waals surface area contributed by atoms with Crippen LogP contribution in [0, 0.1) is 0 Å². The van der Waals surface area contributed by atoms with Crippen LogP contribution >= 0.6 is 7.71 Å². The summed E-state index contributed by atoms with van der Waals surface area (Å²) in [6, 6.07) is 1.46. The maximum atomic E-state index is 11.2. The van der Waals surface area contributed by atoms with Crippen molar-refractivity contribution >= 4 is 20.3 Å². The van der Waals surface area contributed by atoms with Crippen LogP contribution < -0.4 is 5.56 Å². The average Bonchev–Trinajstić information content (AvgIpc) is 2.31. The molecular formula is C13H26N5OPS. The molecule has 1 atom stereocenters. The Bertz CT molecular complexity index is 510. The van der Waals surface area contributed by atoms with Crippen LogP contribution in [0.3, 0.4) is 0 Å². The Kier molecular flexibility index (Phi) is 6.25. The van der Waals surface area contributed by atoms with Gasteiger partial charge in [0, 0.05) is 54.5 Å². The topological polar surface area (TPSA) is 44.6 Å². The van der Waals surface area contributed by atoms with Gasteiger partial charge in [-0.2, -0.15) is 14.0 Å². The summed E-state index contributed by atoms with van der Waals surface area (Å²) in [6.45, 7) is 2.95. The van der Waals surface area contributed by atoms with Crippen molar-refractivity contribution in [3.8, 4) is 0 Å². The van der Waals surface area contributed by atoms with Gasteiger partial charge in [-0.15, -0.1) is 0 Å². The van der Waals surface area contributed by atoms with Gasteiger partial charge in [0.15, 0.2) is 0 Å². The van der Waals surface area contributed by atoms with E-state index in [9.17, 15) is 4.79 Å². The highest BCUT2D eigenvalue weighted by molar-refractivity contribution is 7.69. The largest absolute Gasteiger partial charge is 0.742 e. The van der Waals surface area contributed by atoms with E-state index in [2.05, 4.69) is 68.2 Å². The van der Waals surface area contributed by atoms with Gasteiger partial charge in [-0.25, -0.2) is 4.98 Å². The van der Waals surface area contributed by atoms with Crippen LogP contribution in [0.5, 0.6) is 0 Å². The summed E-state index contributed by atoms with van der Waals surface area (Å²) in [5, 5.41) is 0.351. The lowest BCUT2D eigenvalue weighted by Crippen LogP contribution is -2.43. The van der Waals surface area contributed by atoms with E-state index in [0.717, 1.165) is 6.54 Å². The van der Waals surface area contributed by atoms with Crippen molar-refractivity contribution < 1.29 is 0 Å². The second-order valence-electron chi connectivity index (χ2n) is 5.71. The quantitative estimate of drug-likeness (QED) is 0.440. The van der Waals surface area contributed by atoms with Crippen molar-refractivity contribution in [3.05, 3.63) is 22.6 Å². The molecule has 0 aliphatic heterocycles. The fraction of sp³-hybridized carbons (Fsp3) is 0.692. The van der Waals surface area contributed by atoms with E-state index in [1.807, 2.05) is 4.57 Å². The van der Waals surface area contributed by atoms with Gasteiger partial charge in [0.25, 0.3) is 5.56 Å². The Morgan fingerprint density at radius 1 is 1.19 bits per heavy atom. The van der Waals surface area contributed by atoms with Crippen LogP contribution in [0.4, 0.5) is 0 Å². The molecule has 0 aromatic carbocycles. The molecule has 0 N–H and O–H groups in total. The predicted molar refractivity (Wildman–Crippen MR) is 91.6 cm³/mol. The number of aromatic nitrogens is 2. The first-order valence-electron chi connectivity index (χ1n) is 6.80. The first-order chi connectivity index (χ1) is 9.63. The summed E-state index contributed by atoms with van der Waals surface area (Å²) < 4.78 is 8.79. The average molecular weight is 331 g/mol. The van der Waals surface area contributed by atoms with Crippen molar-refractivity contribution in [2.24, 2.45) is 0 Å². The maximum Gasteiger partial charge on any atom is 0.271 e. The third-order valence-electron chi connectivity index (χ3n) is 3.67. The SMILES string of the molecule is CC(Cn1ccc(=O)nc1[S-])[P+](N(C)C)(N(C)C)N(C)C. The third kappa shape index (κ3) is 3.60. The molecule has 0 saturated carbocycles. The molecule has 1 aromatic heterocycles. The highest BCUT2D eigenvalue weighted by Crippen LogP contribution is 2.67. The highest BCUT2D eigenvalue weighted by Gasteiger charge is 2.52. The zero-order valence-corrected chi connectivity index (χ0v) is 15.6. The van der Waals surface area contributed by atoms with E-state index in [-0.39, 0.29) is 5.56 Å². The van der Waals surface area contributed by atoms with Crippen LogP contribution in [0.25, 0.3) is 0 Å². The van der Waals surface area contributed by atoms with Crippen LogP contribution in [0.1, 0.15) is 6.92 Å². The first-order valence-corrected chi connectivity index (χ1v) is 8.93. The second kappa shape index (κ2) is 7.11. The van der Waals surface area contributed by atoms with E-state index in [0.29, 0.717) is 10.8 Å². The summed E-state index contributed by atoms with van der Waals surface area (Å²) in [4.78, 5) is 15.1. The van der Waals surface area contributed by atoms with Crippen LogP contribution in [-0.2, 0) is 19.2 Å². The maximum absolute atomic E-state index is 11.2. The zero-order chi connectivity index (χ0) is 16.4. The van der Waals surface area contributed by atoms with Crippen LogP contribution in [-0.4, -0.2) is 71.5 Å². The molecule has 0 radical (unpaired) electrons. The summed E-state index contributed by atoms with van der Waals surface area (Å²) in [5.41, 5.74) is 0.0568. The number of rotatable bonds is 6. The van der Waals surface area contributed by atoms with E-state index in [4.69, 9.17) is 12.6 Å². The molecule has 1 heterocycles. The minimum Gasteiger partial charge on any atom is -0.742 e. The van der Waals surface area contributed by atoms with Crippen molar-refractivity contribution in [1.82, 2.24) is 23.6 Å². The van der Waals surface area contributed by atoms with Gasteiger partial charge < -0.3 is 17.2 Å². The fourth-order valence-corrected chi connectivity index (χ4v) is 8.33. The molecule has 0 bridgehead atoms. The molecule has 1 unspecified atom stereocenters. The number of nitrogens with zero attached hydrogens (tertiary/aromatic N) is 5. The molecular weight excluding hydrogens is 305 g/mol. The molecule has 6 nitrogen and oxygen atoms in total. The Labute approximate surface area is 133 Å².